The zero-order valence-corrected chi connectivity index (χ0v) is 20.9. The standard InChI is InChI=1S/C23H43N3O5/c1-10-16(4)20(17(30-8)14-18(27)31-9)26(7)21(28)19(15(2)3)24-22(29)23(5)12-11-13-25(23)6/h15-17,19-20H,10-14H2,1-9H3,(H,24,29)/t16-,17+,19-,20-,23-/m0/s1. The summed E-state index contributed by atoms with van der Waals surface area (Å²) in [4.78, 5) is 42.3. The van der Waals surface area contributed by atoms with Crippen LogP contribution in [0.5, 0.6) is 0 Å². The summed E-state index contributed by atoms with van der Waals surface area (Å²) in [7, 11) is 6.56. The number of esters is 1. The number of methoxy groups -OCH3 is 2. The van der Waals surface area contributed by atoms with Gasteiger partial charge in [0.05, 0.1) is 31.2 Å². The molecule has 8 nitrogen and oxygen atoms in total. The van der Waals surface area contributed by atoms with E-state index in [1.54, 1.807) is 19.1 Å². The largest absolute Gasteiger partial charge is 0.469 e. The van der Waals surface area contributed by atoms with Gasteiger partial charge in [-0.15, -0.1) is 0 Å². The van der Waals surface area contributed by atoms with E-state index in [9.17, 15) is 14.4 Å². The van der Waals surface area contributed by atoms with E-state index in [1.807, 2.05) is 46.6 Å². The van der Waals surface area contributed by atoms with E-state index in [4.69, 9.17) is 9.47 Å². The number of carbonyl (C=O) groups is 3. The summed E-state index contributed by atoms with van der Waals surface area (Å²) in [6.45, 7) is 10.7. The van der Waals surface area contributed by atoms with Crippen LogP contribution in [0.4, 0.5) is 0 Å². The summed E-state index contributed by atoms with van der Waals surface area (Å²) >= 11 is 0. The highest BCUT2D eigenvalue weighted by Gasteiger charge is 2.44. The highest BCUT2D eigenvalue weighted by Crippen LogP contribution is 2.28. The number of likely N-dealkylation sites (N-methyl/N-ethyl adjacent to an activating group) is 2. The Balaban J connectivity index is 3.12. The molecule has 180 valence electrons. The first-order valence-electron chi connectivity index (χ1n) is 11.3. The van der Waals surface area contributed by atoms with E-state index in [0.29, 0.717) is 0 Å². The van der Waals surface area contributed by atoms with Gasteiger partial charge in [0.15, 0.2) is 0 Å². The Kier molecular flexibility index (Phi) is 10.4. The van der Waals surface area contributed by atoms with Gasteiger partial charge in [-0.2, -0.15) is 0 Å². The van der Waals surface area contributed by atoms with Crippen molar-refractivity contribution >= 4 is 17.8 Å². The lowest BCUT2D eigenvalue weighted by Crippen LogP contribution is -2.61. The number of nitrogens with zero attached hydrogens (tertiary/aromatic N) is 2. The minimum Gasteiger partial charge on any atom is -0.469 e. The van der Waals surface area contributed by atoms with Crippen LogP contribution in [-0.2, 0) is 23.9 Å². The van der Waals surface area contributed by atoms with Gasteiger partial charge in [-0.05, 0) is 45.2 Å². The van der Waals surface area contributed by atoms with Crippen LogP contribution in [0.2, 0.25) is 0 Å². The van der Waals surface area contributed by atoms with Crippen molar-refractivity contribution in [3.8, 4) is 0 Å². The Morgan fingerprint density at radius 2 is 1.81 bits per heavy atom. The van der Waals surface area contributed by atoms with Crippen molar-refractivity contribution in [1.82, 2.24) is 15.1 Å². The van der Waals surface area contributed by atoms with E-state index in [-0.39, 0.29) is 42.1 Å². The number of likely N-dealkylation sites (tertiary alicyclic amines) is 1. The predicted molar refractivity (Wildman–Crippen MR) is 120 cm³/mol. The molecule has 1 rings (SSSR count). The lowest BCUT2D eigenvalue weighted by atomic mass is 9.89. The first-order valence-corrected chi connectivity index (χ1v) is 11.3. The average Bonchev–Trinajstić information content (AvgIpc) is 3.09. The molecule has 1 N–H and O–H groups in total. The zero-order chi connectivity index (χ0) is 23.9. The molecule has 0 aromatic rings. The molecule has 5 atom stereocenters. The van der Waals surface area contributed by atoms with Crippen molar-refractivity contribution in [2.24, 2.45) is 11.8 Å². The van der Waals surface area contributed by atoms with Crippen LogP contribution in [0, 0.1) is 11.8 Å². The van der Waals surface area contributed by atoms with Crippen molar-refractivity contribution < 1.29 is 23.9 Å². The van der Waals surface area contributed by atoms with Crippen molar-refractivity contribution in [2.45, 2.75) is 84.0 Å². The molecule has 0 unspecified atom stereocenters. The quantitative estimate of drug-likeness (QED) is 0.494. The highest BCUT2D eigenvalue weighted by molar-refractivity contribution is 5.92. The maximum absolute atomic E-state index is 13.6. The first kappa shape index (κ1) is 27.4. The molecule has 1 heterocycles. The minimum atomic E-state index is -0.662. The fourth-order valence-electron chi connectivity index (χ4n) is 4.39. The molecular weight excluding hydrogens is 398 g/mol. The predicted octanol–water partition coefficient (Wildman–Crippen LogP) is 2.06. The molecule has 1 aliphatic rings. The van der Waals surface area contributed by atoms with Crippen LogP contribution in [-0.4, -0.2) is 86.2 Å². The lowest BCUT2D eigenvalue weighted by Gasteiger charge is -2.40. The molecule has 1 fully saturated rings. The van der Waals surface area contributed by atoms with Crippen molar-refractivity contribution in [2.75, 3.05) is 34.9 Å². The van der Waals surface area contributed by atoms with Gasteiger partial charge in [-0.1, -0.05) is 34.1 Å². The molecule has 0 saturated carbocycles. The van der Waals surface area contributed by atoms with Crippen LogP contribution in [0.1, 0.15) is 60.3 Å². The summed E-state index contributed by atoms with van der Waals surface area (Å²) in [5.41, 5.74) is -0.609. The van der Waals surface area contributed by atoms with E-state index < -0.39 is 17.7 Å². The number of ether oxygens (including phenoxy) is 2. The molecule has 0 aromatic heterocycles. The lowest BCUT2D eigenvalue weighted by molar-refractivity contribution is -0.150. The summed E-state index contributed by atoms with van der Waals surface area (Å²) < 4.78 is 10.4. The Bertz CT molecular complexity index is 626. The maximum Gasteiger partial charge on any atom is 0.308 e. The van der Waals surface area contributed by atoms with Crippen molar-refractivity contribution in [1.29, 1.82) is 0 Å². The molecule has 0 radical (unpaired) electrons. The third-order valence-electron chi connectivity index (χ3n) is 7.01. The Morgan fingerprint density at radius 1 is 1.19 bits per heavy atom. The molecule has 1 aliphatic heterocycles. The fraction of sp³-hybridized carbons (Fsp3) is 0.870. The third kappa shape index (κ3) is 6.42. The molecule has 8 heteroatoms. The summed E-state index contributed by atoms with van der Waals surface area (Å²) in [6.07, 6.45) is 2.09. The van der Waals surface area contributed by atoms with Gasteiger partial charge in [-0.3, -0.25) is 19.3 Å². The number of hydrogen-bond donors (Lipinski definition) is 1. The smallest absolute Gasteiger partial charge is 0.308 e. The van der Waals surface area contributed by atoms with Gasteiger partial charge in [-0.25, -0.2) is 0 Å². The van der Waals surface area contributed by atoms with Crippen LogP contribution < -0.4 is 5.32 Å². The van der Waals surface area contributed by atoms with Crippen molar-refractivity contribution in [3.63, 3.8) is 0 Å². The van der Waals surface area contributed by atoms with Crippen LogP contribution in [0.15, 0.2) is 0 Å². The van der Waals surface area contributed by atoms with Gasteiger partial charge in [0, 0.05) is 14.2 Å². The normalized spacial score (nSPS) is 23.2. The summed E-state index contributed by atoms with van der Waals surface area (Å²) in [5.74, 6) is -0.679. The van der Waals surface area contributed by atoms with E-state index in [2.05, 4.69) is 5.32 Å². The minimum absolute atomic E-state index is 0.0567. The second-order valence-corrected chi connectivity index (χ2v) is 9.37. The van der Waals surface area contributed by atoms with Crippen LogP contribution in [0.25, 0.3) is 0 Å². The number of rotatable bonds is 11. The molecule has 2 amide bonds. The average molecular weight is 442 g/mol. The monoisotopic (exact) mass is 441 g/mol. The number of nitrogens with one attached hydrogen (secondary N) is 1. The van der Waals surface area contributed by atoms with E-state index >= 15 is 0 Å². The fourth-order valence-corrected chi connectivity index (χ4v) is 4.39. The second kappa shape index (κ2) is 11.8. The first-order chi connectivity index (χ1) is 14.4. The molecule has 0 aromatic carbocycles. The molecule has 31 heavy (non-hydrogen) atoms. The van der Waals surface area contributed by atoms with Gasteiger partial charge in [0.2, 0.25) is 11.8 Å². The zero-order valence-electron chi connectivity index (χ0n) is 20.9. The van der Waals surface area contributed by atoms with E-state index in [1.165, 1.54) is 7.11 Å². The Morgan fingerprint density at radius 3 is 2.23 bits per heavy atom. The van der Waals surface area contributed by atoms with Gasteiger partial charge in [0.1, 0.15) is 6.04 Å². The Hall–Kier alpha value is -1.67. The molecule has 0 bridgehead atoms. The molecular formula is C23H43N3O5. The number of carbonyl (C=O) groups excluding carboxylic acids is 3. The number of hydrogen-bond acceptors (Lipinski definition) is 6. The van der Waals surface area contributed by atoms with Crippen molar-refractivity contribution in [3.05, 3.63) is 0 Å². The highest BCUT2D eigenvalue weighted by atomic mass is 16.5. The number of amides is 2. The third-order valence-corrected chi connectivity index (χ3v) is 7.01. The Labute approximate surface area is 188 Å². The molecule has 0 spiro atoms. The SMILES string of the molecule is CC[C@H](C)[C@@H]([C@@H](CC(=O)OC)OC)N(C)C(=O)[C@@H](NC(=O)[C@]1(C)CCCN1C)C(C)C. The van der Waals surface area contributed by atoms with Gasteiger partial charge >= 0.3 is 5.97 Å². The van der Waals surface area contributed by atoms with Gasteiger partial charge in [0.25, 0.3) is 0 Å². The van der Waals surface area contributed by atoms with Crippen LogP contribution in [0.3, 0.4) is 0 Å². The topological polar surface area (TPSA) is 88.2 Å². The van der Waals surface area contributed by atoms with E-state index in [0.717, 1.165) is 25.8 Å². The van der Waals surface area contributed by atoms with Crippen LogP contribution >= 0.6 is 0 Å². The van der Waals surface area contributed by atoms with Gasteiger partial charge < -0.3 is 19.7 Å². The second-order valence-electron chi connectivity index (χ2n) is 9.37. The molecule has 0 aliphatic carbocycles. The summed E-state index contributed by atoms with van der Waals surface area (Å²) in [6, 6.07) is -0.991. The summed E-state index contributed by atoms with van der Waals surface area (Å²) in [5, 5.41) is 3.03. The maximum atomic E-state index is 13.6. The molecule has 1 saturated heterocycles.